The van der Waals surface area contributed by atoms with E-state index in [1.165, 1.54) is 0 Å². The van der Waals surface area contributed by atoms with Crippen LogP contribution in [0.15, 0.2) is 21.5 Å². The van der Waals surface area contributed by atoms with E-state index in [-0.39, 0.29) is 6.04 Å². The molecule has 1 saturated heterocycles. The zero-order chi connectivity index (χ0) is 17.4. The van der Waals surface area contributed by atoms with Crippen molar-refractivity contribution in [3.05, 3.63) is 23.7 Å². The second-order valence-electron chi connectivity index (χ2n) is 6.67. The minimum Gasteiger partial charge on any atom is -0.465 e. The van der Waals surface area contributed by atoms with E-state index in [0.717, 1.165) is 63.3 Å². The van der Waals surface area contributed by atoms with E-state index < -0.39 is 0 Å². The highest BCUT2D eigenvalue weighted by molar-refractivity contribution is 5.79. The fourth-order valence-corrected chi connectivity index (χ4v) is 2.82. The molecule has 1 aromatic rings. The number of nitrogens with one attached hydrogen (secondary N) is 2. The Bertz CT molecular complexity index is 507. The van der Waals surface area contributed by atoms with Crippen LogP contribution in [-0.2, 0) is 4.74 Å². The van der Waals surface area contributed by atoms with Gasteiger partial charge in [-0.3, -0.25) is 9.89 Å². The number of furan rings is 1. The number of ether oxygens (including phenoxy) is 1. The molecule has 0 bridgehead atoms. The van der Waals surface area contributed by atoms with E-state index in [0.29, 0.717) is 5.92 Å². The maximum Gasteiger partial charge on any atom is 0.191 e. The van der Waals surface area contributed by atoms with Crippen LogP contribution in [0.25, 0.3) is 0 Å². The minimum atomic E-state index is 0.186. The van der Waals surface area contributed by atoms with Crippen LogP contribution in [0.2, 0.25) is 0 Å². The van der Waals surface area contributed by atoms with Gasteiger partial charge in [0.1, 0.15) is 11.5 Å². The highest BCUT2D eigenvalue weighted by atomic mass is 16.5. The fourth-order valence-electron chi connectivity index (χ4n) is 2.82. The van der Waals surface area contributed by atoms with Crippen molar-refractivity contribution in [2.45, 2.75) is 33.2 Å². The highest BCUT2D eigenvalue weighted by Gasteiger charge is 2.25. The quantitative estimate of drug-likeness (QED) is 0.590. The topological polar surface area (TPSA) is 62.0 Å². The minimum absolute atomic E-state index is 0.186. The van der Waals surface area contributed by atoms with Crippen LogP contribution in [0.1, 0.15) is 37.8 Å². The Balaban J connectivity index is 1.94. The molecule has 1 aliphatic rings. The Labute approximate surface area is 145 Å². The molecule has 24 heavy (non-hydrogen) atoms. The summed E-state index contributed by atoms with van der Waals surface area (Å²) in [7, 11) is 1.81. The molecule has 136 valence electrons. The first-order valence-corrected chi connectivity index (χ1v) is 8.92. The summed E-state index contributed by atoms with van der Waals surface area (Å²) in [6.45, 7) is 11.5. The van der Waals surface area contributed by atoms with Gasteiger partial charge < -0.3 is 19.8 Å². The van der Waals surface area contributed by atoms with Gasteiger partial charge in [-0.1, -0.05) is 13.8 Å². The average Bonchev–Trinajstić information content (AvgIpc) is 3.00. The predicted octanol–water partition coefficient (Wildman–Crippen LogP) is 2.17. The maximum atomic E-state index is 5.89. The maximum absolute atomic E-state index is 5.89. The van der Waals surface area contributed by atoms with Gasteiger partial charge in [0.05, 0.1) is 19.3 Å². The third-order valence-electron chi connectivity index (χ3n) is 4.28. The van der Waals surface area contributed by atoms with Crippen LogP contribution in [0, 0.1) is 12.8 Å². The predicted molar refractivity (Wildman–Crippen MR) is 97.4 cm³/mol. The van der Waals surface area contributed by atoms with Crippen molar-refractivity contribution in [1.82, 2.24) is 15.5 Å². The molecule has 1 unspecified atom stereocenters. The molecule has 0 aliphatic carbocycles. The molecule has 2 rings (SSSR count). The van der Waals surface area contributed by atoms with E-state index in [1.807, 2.05) is 20.0 Å². The highest BCUT2D eigenvalue weighted by Crippen LogP contribution is 2.23. The normalized spacial score (nSPS) is 18.0. The van der Waals surface area contributed by atoms with E-state index in [9.17, 15) is 0 Å². The fraction of sp³-hybridized carbons (Fsp3) is 0.722. The average molecular weight is 336 g/mol. The molecule has 2 N–H and O–H groups in total. The summed E-state index contributed by atoms with van der Waals surface area (Å²) >= 11 is 0. The lowest BCUT2D eigenvalue weighted by Gasteiger charge is -2.33. The van der Waals surface area contributed by atoms with Crippen LogP contribution in [-0.4, -0.2) is 57.3 Å². The Morgan fingerprint density at radius 3 is 2.58 bits per heavy atom. The number of hydrogen-bond donors (Lipinski definition) is 2. The van der Waals surface area contributed by atoms with Gasteiger partial charge in [-0.2, -0.15) is 0 Å². The van der Waals surface area contributed by atoms with Crippen molar-refractivity contribution in [2.75, 3.05) is 46.4 Å². The van der Waals surface area contributed by atoms with Crippen molar-refractivity contribution in [2.24, 2.45) is 10.9 Å². The smallest absolute Gasteiger partial charge is 0.191 e. The Kier molecular flexibility index (Phi) is 7.59. The summed E-state index contributed by atoms with van der Waals surface area (Å²) in [5, 5.41) is 6.83. The molecule has 1 aliphatic heterocycles. The molecule has 6 heteroatoms. The molecular weight excluding hydrogens is 304 g/mol. The van der Waals surface area contributed by atoms with Crippen molar-refractivity contribution in [3.8, 4) is 0 Å². The van der Waals surface area contributed by atoms with Gasteiger partial charge in [0.25, 0.3) is 0 Å². The number of hydrogen-bond acceptors (Lipinski definition) is 4. The van der Waals surface area contributed by atoms with Crippen LogP contribution in [0.4, 0.5) is 0 Å². The zero-order valence-electron chi connectivity index (χ0n) is 15.5. The molecule has 0 amide bonds. The van der Waals surface area contributed by atoms with Crippen LogP contribution in [0.3, 0.4) is 0 Å². The number of morpholine rings is 1. The van der Waals surface area contributed by atoms with Crippen molar-refractivity contribution in [1.29, 1.82) is 0 Å². The summed E-state index contributed by atoms with van der Waals surface area (Å²) < 4.78 is 11.4. The Morgan fingerprint density at radius 1 is 1.25 bits per heavy atom. The monoisotopic (exact) mass is 336 g/mol. The largest absolute Gasteiger partial charge is 0.465 e. The van der Waals surface area contributed by atoms with Gasteiger partial charge in [-0.05, 0) is 31.4 Å². The number of rotatable bonds is 7. The van der Waals surface area contributed by atoms with Crippen LogP contribution < -0.4 is 10.6 Å². The lowest BCUT2D eigenvalue weighted by molar-refractivity contribution is 0.0124. The molecule has 1 aromatic heterocycles. The van der Waals surface area contributed by atoms with Gasteiger partial charge >= 0.3 is 0 Å². The molecule has 0 aromatic carbocycles. The molecule has 2 heterocycles. The second-order valence-corrected chi connectivity index (χ2v) is 6.67. The standard InChI is InChI=1S/C18H32N4O2/c1-14(2)7-8-20-18(19-4)21-13-16(17-6-5-15(3)24-17)22-9-11-23-12-10-22/h5-6,14,16H,7-13H2,1-4H3,(H2,19,20,21). The number of aryl methyl sites for hydroxylation is 1. The Hall–Kier alpha value is -1.53. The Morgan fingerprint density at radius 2 is 2.00 bits per heavy atom. The number of guanidine groups is 1. The SMILES string of the molecule is CN=C(NCCC(C)C)NCC(c1ccc(C)o1)N1CCOCC1. The summed E-state index contributed by atoms with van der Waals surface area (Å²) in [4.78, 5) is 6.73. The lowest BCUT2D eigenvalue weighted by Crippen LogP contribution is -2.46. The second kappa shape index (κ2) is 9.69. The molecule has 0 radical (unpaired) electrons. The number of nitrogens with zero attached hydrogens (tertiary/aromatic N) is 2. The van der Waals surface area contributed by atoms with Gasteiger partial charge in [0.2, 0.25) is 0 Å². The molecular formula is C18H32N4O2. The first-order chi connectivity index (χ1) is 11.6. The van der Waals surface area contributed by atoms with Crippen molar-refractivity contribution in [3.63, 3.8) is 0 Å². The van der Waals surface area contributed by atoms with E-state index in [1.54, 1.807) is 0 Å². The molecule has 1 fully saturated rings. The molecule has 6 nitrogen and oxygen atoms in total. The first kappa shape index (κ1) is 18.8. The van der Waals surface area contributed by atoms with Gasteiger partial charge in [0.15, 0.2) is 5.96 Å². The molecule has 1 atom stereocenters. The van der Waals surface area contributed by atoms with Gasteiger partial charge in [0, 0.05) is 33.2 Å². The summed E-state index contributed by atoms with van der Waals surface area (Å²) in [5.74, 6) is 3.47. The van der Waals surface area contributed by atoms with E-state index >= 15 is 0 Å². The lowest BCUT2D eigenvalue weighted by atomic mass is 10.1. The number of aliphatic imine (C=N–C) groups is 1. The third kappa shape index (κ3) is 5.83. The van der Waals surface area contributed by atoms with Gasteiger partial charge in [-0.25, -0.2) is 0 Å². The zero-order valence-corrected chi connectivity index (χ0v) is 15.5. The molecule has 0 spiro atoms. The van der Waals surface area contributed by atoms with Crippen molar-refractivity contribution < 1.29 is 9.15 Å². The summed E-state index contributed by atoms with van der Waals surface area (Å²) in [5.41, 5.74) is 0. The van der Waals surface area contributed by atoms with Gasteiger partial charge in [-0.15, -0.1) is 0 Å². The third-order valence-corrected chi connectivity index (χ3v) is 4.28. The van der Waals surface area contributed by atoms with E-state index in [2.05, 4.69) is 40.4 Å². The summed E-state index contributed by atoms with van der Waals surface area (Å²) in [6, 6.07) is 4.29. The summed E-state index contributed by atoms with van der Waals surface area (Å²) in [6.07, 6.45) is 1.13. The molecule has 0 saturated carbocycles. The van der Waals surface area contributed by atoms with Crippen LogP contribution >= 0.6 is 0 Å². The van der Waals surface area contributed by atoms with Crippen molar-refractivity contribution >= 4 is 5.96 Å². The van der Waals surface area contributed by atoms with Crippen LogP contribution in [0.5, 0.6) is 0 Å². The first-order valence-electron chi connectivity index (χ1n) is 8.92. The van der Waals surface area contributed by atoms with E-state index in [4.69, 9.17) is 9.15 Å².